The van der Waals surface area contributed by atoms with Crippen LogP contribution in [0.2, 0.25) is 0 Å². The van der Waals surface area contributed by atoms with Gasteiger partial charge in [0, 0.05) is 24.1 Å². The number of aromatic nitrogens is 7. The van der Waals surface area contributed by atoms with Crippen LogP contribution < -0.4 is 5.32 Å². The number of aryl methyl sites for hydroxylation is 1. The summed E-state index contributed by atoms with van der Waals surface area (Å²) in [6, 6.07) is 9.18. The lowest BCUT2D eigenvalue weighted by Gasteiger charge is -2.07. The van der Waals surface area contributed by atoms with Crippen LogP contribution in [0.25, 0.3) is 11.5 Å². The number of carbonyl (C=O) groups is 2. The van der Waals surface area contributed by atoms with Gasteiger partial charge in [-0.1, -0.05) is 0 Å². The summed E-state index contributed by atoms with van der Waals surface area (Å²) in [6.45, 7) is 1.83. The van der Waals surface area contributed by atoms with Crippen molar-refractivity contribution in [3.8, 4) is 11.5 Å². The van der Waals surface area contributed by atoms with Crippen LogP contribution in [-0.2, 0) is 4.79 Å². The first kappa shape index (κ1) is 23.8. The molecule has 4 rings (SSSR count). The molecule has 1 aromatic carbocycles. The van der Waals surface area contributed by atoms with Crippen molar-refractivity contribution < 1.29 is 33.0 Å². The summed E-state index contributed by atoms with van der Waals surface area (Å²) >= 11 is 0. The molecule has 3 N–H and O–H groups in total. The smallest absolute Gasteiger partial charge is 0.478 e. The zero-order chi connectivity index (χ0) is 24.9. The topological polar surface area (TPSA) is 161 Å². The Balaban J connectivity index is 0.000000406. The van der Waals surface area contributed by atoms with Crippen molar-refractivity contribution in [3.63, 3.8) is 0 Å². The van der Waals surface area contributed by atoms with E-state index < -0.39 is 18.1 Å². The van der Waals surface area contributed by atoms with Crippen molar-refractivity contribution >= 4 is 23.6 Å². The van der Waals surface area contributed by atoms with Gasteiger partial charge in [0.05, 0.1) is 17.4 Å². The van der Waals surface area contributed by atoms with Gasteiger partial charge in [0.25, 0.3) is 0 Å². The monoisotopic (exact) mass is 476 g/mol. The van der Waals surface area contributed by atoms with Crippen molar-refractivity contribution in [1.29, 1.82) is 0 Å². The largest absolute Gasteiger partial charge is 0.490 e. The number of anilines is 2. The minimum Gasteiger partial charge on any atom is -0.478 e. The van der Waals surface area contributed by atoms with Gasteiger partial charge in [-0.25, -0.2) is 28.9 Å². The fourth-order valence-corrected chi connectivity index (χ4v) is 2.39. The standard InChI is InChI=1S/C17H14N8O2.C2HF3O2/c1-11-19-10-25(23-11)14-4-2-13(3-5-14)21-17-18-7-6-15(22-17)24-9-12(8-20-24)16(26)27;3-2(4,5)1(6)7/h2-10H,1H3,(H,26,27)(H,18,21,22);(H,6,7). The van der Waals surface area contributed by atoms with Crippen LogP contribution in [0.4, 0.5) is 24.8 Å². The van der Waals surface area contributed by atoms with Crippen LogP contribution in [0.3, 0.4) is 0 Å². The molecular weight excluding hydrogens is 461 g/mol. The number of carboxylic acids is 2. The minimum absolute atomic E-state index is 0.0852. The number of rotatable bonds is 5. The first-order chi connectivity index (χ1) is 16.0. The molecule has 0 bridgehead atoms. The highest BCUT2D eigenvalue weighted by atomic mass is 19.4. The number of hydrogen-bond acceptors (Lipinski definition) is 8. The molecule has 0 aliphatic carbocycles. The number of aliphatic carboxylic acids is 1. The Morgan fingerprint density at radius 2 is 1.71 bits per heavy atom. The van der Waals surface area contributed by atoms with Gasteiger partial charge in [-0.3, -0.25) is 0 Å². The molecule has 0 saturated carbocycles. The number of halogens is 3. The summed E-state index contributed by atoms with van der Waals surface area (Å²) < 4.78 is 34.8. The molecule has 0 radical (unpaired) electrons. The molecule has 0 spiro atoms. The highest BCUT2D eigenvalue weighted by Gasteiger charge is 2.38. The normalized spacial score (nSPS) is 10.8. The van der Waals surface area contributed by atoms with Crippen LogP contribution in [0.5, 0.6) is 0 Å². The van der Waals surface area contributed by atoms with Crippen LogP contribution in [0.1, 0.15) is 16.2 Å². The first-order valence-electron chi connectivity index (χ1n) is 9.20. The Morgan fingerprint density at radius 1 is 1.03 bits per heavy atom. The average molecular weight is 476 g/mol. The molecule has 0 amide bonds. The maximum absolute atomic E-state index is 11.0. The molecule has 3 heterocycles. The molecule has 4 aromatic rings. The van der Waals surface area contributed by atoms with Gasteiger partial charge in [0.1, 0.15) is 12.2 Å². The van der Waals surface area contributed by atoms with E-state index in [0.717, 1.165) is 11.4 Å². The van der Waals surface area contributed by atoms with Crippen LogP contribution in [-0.4, -0.2) is 62.8 Å². The Labute approximate surface area is 188 Å². The molecule has 3 aromatic heterocycles. The van der Waals surface area contributed by atoms with Gasteiger partial charge < -0.3 is 15.5 Å². The molecule has 0 fully saturated rings. The molecule has 0 aliphatic rings. The predicted molar refractivity (Wildman–Crippen MR) is 109 cm³/mol. The molecule has 0 saturated heterocycles. The predicted octanol–water partition coefficient (Wildman–Crippen LogP) is 2.63. The lowest BCUT2D eigenvalue weighted by molar-refractivity contribution is -0.192. The van der Waals surface area contributed by atoms with Crippen LogP contribution in [0.15, 0.2) is 55.2 Å². The average Bonchev–Trinajstić information content (AvgIpc) is 3.44. The van der Waals surface area contributed by atoms with E-state index >= 15 is 0 Å². The third-order valence-corrected chi connectivity index (χ3v) is 3.94. The Morgan fingerprint density at radius 3 is 2.24 bits per heavy atom. The van der Waals surface area contributed by atoms with E-state index in [0.29, 0.717) is 17.6 Å². The van der Waals surface area contributed by atoms with Gasteiger partial charge >= 0.3 is 18.1 Å². The summed E-state index contributed by atoms with van der Waals surface area (Å²) in [5.41, 5.74) is 1.76. The maximum Gasteiger partial charge on any atom is 0.490 e. The number of aromatic carboxylic acids is 1. The van der Waals surface area contributed by atoms with Crippen molar-refractivity contribution in [2.75, 3.05) is 5.32 Å². The molecule has 15 heteroatoms. The molecule has 0 unspecified atom stereocenters. The minimum atomic E-state index is -5.08. The fraction of sp³-hybridized carbons (Fsp3) is 0.105. The number of carboxylic acid groups (broad SMARTS) is 2. The zero-order valence-electron chi connectivity index (χ0n) is 17.2. The van der Waals surface area contributed by atoms with Crippen molar-refractivity contribution in [3.05, 3.63) is 66.6 Å². The van der Waals surface area contributed by atoms with Crippen molar-refractivity contribution in [2.45, 2.75) is 13.1 Å². The van der Waals surface area contributed by atoms with Gasteiger partial charge in [0.15, 0.2) is 5.82 Å². The van der Waals surface area contributed by atoms with E-state index in [-0.39, 0.29) is 5.56 Å². The quantitative estimate of drug-likeness (QED) is 0.390. The zero-order valence-corrected chi connectivity index (χ0v) is 17.2. The third-order valence-electron chi connectivity index (χ3n) is 3.94. The van der Waals surface area contributed by atoms with Gasteiger partial charge in [-0.05, 0) is 31.2 Å². The SMILES string of the molecule is Cc1ncn(-c2ccc(Nc3nccc(-n4cc(C(=O)O)cn4)n3)cc2)n1.O=C(O)C(F)(F)F. The highest BCUT2D eigenvalue weighted by molar-refractivity contribution is 5.86. The molecular formula is C19H15F3N8O4. The molecule has 12 nitrogen and oxygen atoms in total. The summed E-state index contributed by atoms with van der Waals surface area (Å²) in [7, 11) is 0. The van der Waals surface area contributed by atoms with Gasteiger partial charge in [-0.15, -0.1) is 0 Å². The van der Waals surface area contributed by atoms with Crippen molar-refractivity contribution in [2.24, 2.45) is 0 Å². The van der Waals surface area contributed by atoms with Gasteiger partial charge in [-0.2, -0.15) is 28.4 Å². The lowest BCUT2D eigenvalue weighted by atomic mass is 10.3. The number of hydrogen-bond donors (Lipinski definition) is 3. The summed E-state index contributed by atoms with van der Waals surface area (Å²) in [5.74, 6) is -2.28. The number of alkyl halides is 3. The second kappa shape index (κ2) is 9.76. The van der Waals surface area contributed by atoms with E-state index in [2.05, 4.69) is 30.5 Å². The fourth-order valence-electron chi connectivity index (χ4n) is 2.39. The third kappa shape index (κ3) is 6.12. The highest BCUT2D eigenvalue weighted by Crippen LogP contribution is 2.17. The van der Waals surface area contributed by atoms with E-state index in [1.165, 1.54) is 17.1 Å². The molecule has 0 atom stereocenters. The second-order valence-corrected chi connectivity index (χ2v) is 6.43. The molecule has 34 heavy (non-hydrogen) atoms. The summed E-state index contributed by atoms with van der Waals surface area (Å²) in [5, 5.41) is 27.5. The number of nitrogens with one attached hydrogen (secondary N) is 1. The van der Waals surface area contributed by atoms with E-state index in [9.17, 15) is 18.0 Å². The number of benzene rings is 1. The lowest BCUT2D eigenvalue weighted by Crippen LogP contribution is -2.21. The Bertz CT molecular complexity index is 1300. The number of nitrogens with zero attached hydrogens (tertiary/aromatic N) is 7. The van der Waals surface area contributed by atoms with E-state index in [4.69, 9.17) is 15.0 Å². The first-order valence-corrected chi connectivity index (χ1v) is 9.20. The van der Waals surface area contributed by atoms with Gasteiger partial charge in [0.2, 0.25) is 5.95 Å². The summed E-state index contributed by atoms with van der Waals surface area (Å²) in [4.78, 5) is 32.5. The Hall–Kier alpha value is -4.82. The maximum atomic E-state index is 11.0. The van der Waals surface area contributed by atoms with E-state index in [1.807, 2.05) is 31.2 Å². The van der Waals surface area contributed by atoms with Crippen molar-refractivity contribution in [1.82, 2.24) is 34.5 Å². The van der Waals surface area contributed by atoms with E-state index in [1.54, 1.807) is 23.3 Å². The van der Waals surface area contributed by atoms with Crippen LogP contribution >= 0.6 is 0 Å². The molecule has 0 aliphatic heterocycles. The summed E-state index contributed by atoms with van der Waals surface area (Å²) in [6.07, 6.45) is 0.796. The molecule has 176 valence electrons. The second-order valence-electron chi connectivity index (χ2n) is 6.43. The Kier molecular flexibility index (Phi) is 6.84. The van der Waals surface area contributed by atoms with Crippen LogP contribution in [0, 0.1) is 6.92 Å².